The van der Waals surface area contributed by atoms with Gasteiger partial charge in [-0.2, -0.15) is 0 Å². The molecule has 1 rings (SSSR count). The Bertz CT molecular complexity index is 357. The Morgan fingerprint density at radius 2 is 2.00 bits per heavy atom. The van der Waals surface area contributed by atoms with Crippen molar-refractivity contribution in [3.8, 4) is 11.8 Å². The van der Waals surface area contributed by atoms with Crippen LogP contribution in [0.2, 0.25) is 0 Å². The number of rotatable bonds is 1. The zero-order valence-corrected chi connectivity index (χ0v) is 10.1. The van der Waals surface area contributed by atoms with Gasteiger partial charge in [-0.1, -0.05) is 39.5 Å². The minimum atomic E-state index is 0.120. The third-order valence-corrected chi connectivity index (χ3v) is 2.14. The second kappa shape index (κ2) is 4.98. The van der Waals surface area contributed by atoms with Crippen molar-refractivity contribution in [2.24, 2.45) is 0 Å². The van der Waals surface area contributed by atoms with Crippen molar-refractivity contribution in [1.82, 2.24) is 4.98 Å². The van der Waals surface area contributed by atoms with Gasteiger partial charge in [0.2, 0.25) is 0 Å². The number of hydrogen-bond donors (Lipinski definition) is 0. The van der Waals surface area contributed by atoms with Gasteiger partial charge in [0.1, 0.15) is 0 Å². The average molecular weight is 201 g/mol. The molecule has 0 radical (unpaired) electrons. The van der Waals surface area contributed by atoms with E-state index >= 15 is 0 Å². The molecule has 15 heavy (non-hydrogen) atoms. The lowest BCUT2D eigenvalue weighted by Gasteiger charge is -2.16. The van der Waals surface area contributed by atoms with Crippen LogP contribution in [0, 0.1) is 11.8 Å². The first-order chi connectivity index (χ1) is 7.04. The Balaban J connectivity index is 2.79. The van der Waals surface area contributed by atoms with Crippen LogP contribution in [0.25, 0.3) is 0 Å². The van der Waals surface area contributed by atoms with Crippen LogP contribution >= 0.6 is 0 Å². The summed E-state index contributed by atoms with van der Waals surface area (Å²) in [6.07, 6.45) is 3.94. The van der Waals surface area contributed by atoms with Gasteiger partial charge in [-0.05, 0) is 18.6 Å². The Kier molecular flexibility index (Phi) is 3.91. The quantitative estimate of drug-likeness (QED) is 0.633. The van der Waals surface area contributed by atoms with Crippen LogP contribution in [0.3, 0.4) is 0 Å². The molecule has 0 atom stereocenters. The molecule has 1 nitrogen and oxygen atoms in total. The molecule has 1 heteroatoms. The molecule has 0 amide bonds. The summed E-state index contributed by atoms with van der Waals surface area (Å²) < 4.78 is 0. The highest BCUT2D eigenvalue weighted by atomic mass is 14.7. The fraction of sp³-hybridized carbons (Fsp3) is 0.500. The molecule has 1 aromatic rings. The van der Waals surface area contributed by atoms with Crippen LogP contribution in [0.5, 0.6) is 0 Å². The molecular weight excluding hydrogens is 182 g/mol. The summed E-state index contributed by atoms with van der Waals surface area (Å²) in [6.45, 7) is 8.63. The van der Waals surface area contributed by atoms with Crippen LogP contribution < -0.4 is 0 Å². The van der Waals surface area contributed by atoms with Crippen LogP contribution in [0.4, 0.5) is 0 Å². The third-order valence-electron chi connectivity index (χ3n) is 2.14. The van der Waals surface area contributed by atoms with Gasteiger partial charge in [0.25, 0.3) is 0 Å². The summed E-state index contributed by atoms with van der Waals surface area (Å²) in [7, 11) is 0. The van der Waals surface area contributed by atoms with E-state index in [0.29, 0.717) is 0 Å². The van der Waals surface area contributed by atoms with Crippen LogP contribution in [-0.4, -0.2) is 4.98 Å². The maximum absolute atomic E-state index is 4.43. The first kappa shape index (κ1) is 11.8. The summed E-state index contributed by atoms with van der Waals surface area (Å²) in [6, 6.07) is 4.12. The van der Waals surface area contributed by atoms with Crippen molar-refractivity contribution in [1.29, 1.82) is 0 Å². The number of nitrogens with zero attached hydrogens (tertiary/aromatic N) is 1. The van der Waals surface area contributed by atoms with Crippen LogP contribution in [0.1, 0.15) is 51.8 Å². The first-order valence-electron chi connectivity index (χ1n) is 5.49. The van der Waals surface area contributed by atoms with E-state index in [4.69, 9.17) is 0 Å². The highest BCUT2D eigenvalue weighted by molar-refractivity contribution is 5.33. The molecule has 0 spiro atoms. The fourth-order valence-corrected chi connectivity index (χ4v) is 1.20. The lowest BCUT2D eigenvalue weighted by molar-refractivity contribution is 0.569. The molecule has 80 valence electrons. The lowest BCUT2D eigenvalue weighted by atomic mass is 9.91. The van der Waals surface area contributed by atoms with Crippen molar-refractivity contribution in [3.05, 3.63) is 29.6 Å². The third kappa shape index (κ3) is 3.75. The Morgan fingerprint density at radius 1 is 1.27 bits per heavy atom. The maximum Gasteiger partial charge on any atom is 0.0457 e. The van der Waals surface area contributed by atoms with E-state index in [-0.39, 0.29) is 5.41 Å². The fourth-order valence-electron chi connectivity index (χ4n) is 1.20. The first-order valence-corrected chi connectivity index (χ1v) is 5.49. The second-order valence-electron chi connectivity index (χ2n) is 4.73. The molecule has 0 aromatic carbocycles. The van der Waals surface area contributed by atoms with Crippen LogP contribution in [-0.2, 0) is 5.41 Å². The molecule has 1 aromatic heterocycles. The summed E-state index contributed by atoms with van der Waals surface area (Å²) in [5.41, 5.74) is 2.25. The molecule has 0 N–H and O–H groups in total. The molecule has 0 fully saturated rings. The highest BCUT2D eigenvalue weighted by Gasteiger charge is 2.14. The standard InChI is InChI=1S/C14H19N/c1-5-6-7-8-12-9-10-13(15-11-12)14(2,3)4/h9-11H,5-6H2,1-4H3. The normalized spacial score (nSPS) is 10.7. The lowest BCUT2D eigenvalue weighted by Crippen LogP contribution is -2.12. The Hall–Kier alpha value is -1.29. The summed E-state index contributed by atoms with van der Waals surface area (Å²) in [5.74, 6) is 6.23. The van der Waals surface area contributed by atoms with Gasteiger partial charge in [-0.25, -0.2) is 0 Å². The van der Waals surface area contributed by atoms with E-state index in [0.717, 1.165) is 24.1 Å². The van der Waals surface area contributed by atoms with Crippen molar-refractivity contribution in [3.63, 3.8) is 0 Å². The predicted octanol–water partition coefficient (Wildman–Crippen LogP) is 3.53. The SMILES string of the molecule is CCCC#Cc1ccc(C(C)(C)C)nc1. The molecule has 0 saturated carbocycles. The van der Waals surface area contributed by atoms with E-state index < -0.39 is 0 Å². The zero-order chi connectivity index (χ0) is 11.3. The Morgan fingerprint density at radius 3 is 2.47 bits per heavy atom. The van der Waals surface area contributed by atoms with Crippen molar-refractivity contribution in [2.45, 2.75) is 46.0 Å². The van der Waals surface area contributed by atoms with Gasteiger partial charge in [0.05, 0.1) is 0 Å². The molecule has 0 aliphatic carbocycles. The highest BCUT2D eigenvalue weighted by Crippen LogP contribution is 2.19. The number of hydrogen-bond acceptors (Lipinski definition) is 1. The monoisotopic (exact) mass is 201 g/mol. The topological polar surface area (TPSA) is 12.9 Å². The molecule has 1 heterocycles. The average Bonchev–Trinajstić information content (AvgIpc) is 2.18. The van der Waals surface area contributed by atoms with E-state index in [9.17, 15) is 0 Å². The molecule has 0 aliphatic heterocycles. The smallest absolute Gasteiger partial charge is 0.0457 e. The summed E-state index contributed by atoms with van der Waals surface area (Å²) in [4.78, 5) is 4.43. The van der Waals surface area contributed by atoms with Crippen molar-refractivity contribution >= 4 is 0 Å². The van der Waals surface area contributed by atoms with E-state index in [2.05, 4.69) is 56.7 Å². The Labute approximate surface area is 92.9 Å². The largest absolute Gasteiger partial charge is 0.259 e. The van der Waals surface area contributed by atoms with Gasteiger partial charge in [-0.15, -0.1) is 0 Å². The van der Waals surface area contributed by atoms with E-state index in [1.54, 1.807) is 0 Å². The predicted molar refractivity (Wildman–Crippen MR) is 64.7 cm³/mol. The van der Waals surface area contributed by atoms with Gasteiger partial charge in [0, 0.05) is 29.3 Å². The number of unbranched alkanes of at least 4 members (excludes halogenated alkanes) is 1. The van der Waals surface area contributed by atoms with Gasteiger partial charge >= 0.3 is 0 Å². The molecule has 0 bridgehead atoms. The summed E-state index contributed by atoms with van der Waals surface area (Å²) >= 11 is 0. The van der Waals surface area contributed by atoms with Crippen molar-refractivity contribution < 1.29 is 0 Å². The molecule has 0 aliphatic rings. The van der Waals surface area contributed by atoms with Gasteiger partial charge in [0.15, 0.2) is 0 Å². The zero-order valence-electron chi connectivity index (χ0n) is 10.1. The molecule has 0 saturated heterocycles. The number of aromatic nitrogens is 1. The maximum atomic E-state index is 4.43. The summed E-state index contributed by atoms with van der Waals surface area (Å²) in [5, 5.41) is 0. The molecular formula is C14H19N. The second-order valence-corrected chi connectivity index (χ2v) is 4.73. The van der Waals surface area contributed by atoms with E-state index in [1.165, 1.54) is 0 Å². The van der Waals surface area contributed by atoms with Gasteiger partial charge in [-0.3, -0.25) is 4.98 Å². The van der Waals surface area contributed by atoms with Crippen molar-refractivity contribution in [2.75, 3.05) is 0 Å². The minimum absolute atomic E-state index is 0.120. The minimum Gasteiger partial charge on any atom is -0.259 e. The van der Waals surface area contributed by atoms with Gasteiger partial charge < -0.3 is 0 Å². The molecule has 0 unspecified atom stereocenters. The van der Waals surface area contributed by atoms with E-state index in [1.807, 2.05) is 6.20 Å². The van der Waals surface area contributed by atoms with Crippen LogP contribution in [0.15, 0.2) is 18.3 Å². The number of pyridine rings is 1.